The number of benzene rings is 1. The van der Waals surface area contributed by atoms with E-state index in [0.717, 1.165) is 0 Å². The van der Waals surface area contributed by atoms with Crippen LogP contribution >= 0.6 is 0 Å². The van der Waals surface area contributed by atoms with Gasteiger partial charge in [0, 0.05) is 5.56 Å². The Kier molecular flexibility index (Phi) is 2.84. The molecule has 0 unspecified atom stereocenters. The molecule has 0 saturated carbocycles. The van der Waals surface area contributed by atoms with Crippen molar-refractivity contribution in [1.29, 1.82) is 0 Å². The van der Waals surface area contributed by atoms with Crippen LogP contribution in [-0.4, -0.2) is 10.4 Å². The number of fused-ring (bicyclic) bond motifs is 1. The van der Waals surface area contributed by atoms with Crippen LogP contribution in [0.15, 0.2) is 27.4 Å². The summed E-state index contributed by atoms with van der Waals surface area (Å²) in [5.74, 6) is 5.01. The molecule has 0 bridgehead atoms. The van der Waals surface area contributed by atoms with Gasteiger partial charge in [0.05, 0.1) is 12.1 Å². The van der Waals surface area contributed by atoms with Gasteiger partial charge in [-0.1, -0.05) is 5.92 Å². The van der Waals surface area contributed by atoms with Crippen LogP contribution in [0.2, 0.25) is 0 Å². The molecule has 0 amide bonds. The van der Waals surface area contributed by atoms with Gasteiger partial charge in [-0.15, -0.1) is 5.92 Å². The zero-order chi connectivity index (χ0) is 12.4. The van der Waals surface area contributed by atoms with Crippen LogP contribution in [0.5, 0.6) is 0 Å². The Bertz CT molecular complexity index is 695. The first-order valence-electron chi connectivity index (χ1n) is 5.17. The Hall–Kier alpha value is -2.28. The lowest BCUT2D eigenvalue weighted by molar-refractivity contribution is 0.101. The molecule has 0 spiro atoms. The van der Waals surface area contributed by atoms with Gasteiger partial charge in [0.2, 0.25) is 0 Å². The van der Waals surface area contributed by atoms with E-state index < -0.39 is 5.76 Å². The third-order valence-corrected chi connectivity index (χ3v) is 2.49. The number of carbonyl (C=O) groups excluding carboxylic acids is 1. The highest BCUT2D eigenvalue weighted by atomic mass is 16.4. The highest BCUT2D eigenvalue weighted by molar-refractivity contribution is 5.96. The normalized spacial score (nSPS) is 10.0. The zero-order valence-corrected chi connectivity index (χ0v) is 9.61. The van der Waals surface area contributed by atoms with Crippen molar-refractivity contribution in [3.05, 3.63) is 34.3 Å². The van der Waals surface area contributed by atoms with E-state index in [2.05, 4.69) is 11.8 Å². The summed E-state index contributed by atoms with van der Waals surface area (Å²) in [5.41, 5.74) is 1.60. The van der Waals surface area contributed by atoms with E-state index in [1.165, 1.54) is 11.5 Å². The lowest BCUT2D eigenvalue weighted by Crippen LogP contribution is -2.12. The van der Waals surface area contributed by atoms with Gasteiger partial charge in [-0.25, -0.2) is 4.79 Å². The van der Waals surface area contributed by atoms with Crippen LogP contribution in [0.3, 0.4) is 0 Å². The van der Waals surface area contributed by atoms with Crippen molar-refractivity contribution in [2.75, 3.05) is 0 Å². The molecule has 0 saturated heterocycles. The molecule has 86 valence electrons. The van der Waals surface area contributed by atoms with Crippen molar-refractivity contribution in [3.8, 4) is 11.8 Å². The molecule has 0 aliphatic rings. The summed E-state index contributed by atoms with van der Waals surface area (Å²) in [6.07, 6.45) is 0. The van der Waals surface area contributed by atoms with E-state index in [1.807, 2.05) is 0 Å². The van der Waals surface area contributed by atoms with Crippen molar-refractivity contribution in [2.24, 2.45) is 0 Å². The Morgan fingerprint density at radius 2 is 2.24 bits per heavy atom. The van der Waals surface area contributed by atoms with Gasteiger partial charge >= 0.3 is 5.76 Å². The van der Waals surface area contributed by atoms with Gasteiger partial charge in [-0.05, 0) is 32.0 Å². The minimum atomic E-state index is -0.455. The average molecular weight is 229 g/mol. The van der Waals surface area contributed by atoms with Crippen molar-refractivity contribution in [3.63, 3.8) is 0 Å². The highest BCUT2D eigenvalue weighted by Crippen LogP contribution is 2.15. The van der Waals surface area contributed by atoms with Crippen molar-refractivity contribution >= 4 is 16.9 Å². The topological polar surface area (TPSA) is 52.2 Å². The summed E-state index contributed by atoms with van der Waals surface area (Å²) in [4.78, 5) is 22.8. The summed E-state index contributed by atoms with van der Waals surface area (Å²) < 4.78 is 6.51. The minimum Gasteiger partial charge on any atom is -0.408 e. The second kappa shape index (κ2) is 4.30. The zero-order valence-electron chi connectivity index (χ0n) is 9.61. The number of aromatic nitrogens is 1. The van der Waals surface area contributed by atoms with Gasteiger partial charge in [0.25, 0.3) is 0 Å². The first-order valence-corrected chi connectivity index (χ1v) is 5.17. The number of oxazole rings is 1. The quantitative estimate of drug-likeness (QED) is 0.583. The SMILES string of the molecule is CC#CCn1c(=O)oc2cc(C(C)=O)ccc21. The third-order valence-electron chi connectivity index (χ3n) is 2.49. The first kappa shape index (κ1) is 11.2. The molecule has 0 radical (unpaired) electrons. The van der Waals surface area contributed by atoms with E-state index in [0.29, 0.717) is 23.2 Å². The lowest BCUT2D eigenvalue weighted by atomic mass is 10.1. The van der Waals surface area contributed by atoms with Gasteiger partial charge in [0.1, 0.15) is 0 Å². The molecule has 0 atom stereocenters. The van der Waals surface area contributed by atoms with Crippen LogP contribution < -0.4 is 5.76 Å². The number of hydrogen-bond acceptors (Lipinski definition) is 3. The molecule has 0 aliphatic carbocycles. The van der Waals surface area contributed by atoms with Crippen molar-refractivity contribution in [1.82, 2.24) is 4.57 Å². The molecule has 2 rings (SSSR count). The molecule has 1 aromatic carbocycles. The fraction of sp³-hybridized carbons (Fsp3) is 0.231. The first-order chi connectivity index (χ1) is 8.13. The van der Waals surface area contributed by atoms with E-state index in [1.54, 1.807) is 25.1 Å². The molecule has 4 nitrogen and oxygen atoms in total. The summed E-state index contributed by atoms with van der Waals surface area (Å²) in [6, 6.07) is 4.96. The smallest absolute Gasteiger partial charge is 0.408 e. The minimum absolute atomic E-state index is 0.0596. The van der Waals surface area contributed by atoms with E-state index >= 15 is 0 Å². The monoisotopic (exact) mass is 229 g/mol. The molecular formula is C13H11NO3. The molecule has 4 heteroatoms. The van der Waals surface area contributed by atoms with Crippen LogP contribution in [0.25, 0.3) is 11.1 Å². The molecule has 0 fully saturated rings. The number of nitrogens with zero attached hydrogens (tertiary/aromatic N) is 1. The average Bonchev–Trinajstić information content (AvgIpc) is 2.61. The van der Waals surface area contributed by atoms with Crippen LogP contribution in [0.1, 0.15) is 24.2 Å². The second-order valence-corrected chi connectivity index (χ2v) is 3.62. The molecule has 17 heavy (non-hydrogen) atoms. The number of carbonyl (C=O) groups is 1. The van der Waals surface area contributed by atoms with E-state index in [-0.39, 0.29) is 5.78 Å². The lowest BCUT2D eigenvalue weighted by Gasteiger charge is -1.97. The number of rotatable bonds is 2. The fourth-order valence-electron chi connectivity index (χ4n) is 1.59. The molecule has 0 N–H and O–H groups in total. The summed E-state index contributed by atoms with van der Waals surface area (Å²) in [5, 5.41) is 0. The highest BCUT2D eigenvalue weighted by Gasteiger charge is 2.10. The maximum Gasteiger partial charge on any atom is 0.420 e. The Labute approximate surface area is 97.8 Å². The number of hydrogen-bond donors (Lipinski definition) is 0. The van der Waals surface area contributed by atoms with Crippen molar-refractivity contribution < 1.29 is 9.21 Å². The van der Waals surface area contributed by atoms with Crippen LogP contribution in [-0.2, 0) is 6.54 Å². The summed E-state index contributed by atoms with van der Waals surface area (Å²) >= 11 is 0. The standard InChI is InChI=1S/C13H11NO3/c1-3-4-7-14-11-6-5-10(9(2)15)8-12(11)17-13(14)16/h5-6,8H,7H2,1-2H3. The molecule has 1 heterocycles. The maximum atomic E-state index is 11.6. The van der Waals surface area contributed by atoms with Crippen LogP contribution in [0, 0.1) is 11.8 Å². The molecular weight excluding hydrogens is 218 g/mol. The van der Waals surface area contributed by atoms with Crippen molar-refractivity contribution in [2.45, 2.75) is 20.4 Å². The predicted octanol–water partition coefficient (Wildman–Crippen LogP) is 1.82. The summed E-state index contributed by atoms with van der Waals surface area (Å²) in [6.45, 7) is 3.47. The molecule has 1 aromatic heterocycles. The Morgan fingerprint density at radius 3 is 2.88 bits per heavy atom. The molecule has 0 aliphatic heterocycles. The van der Waals surface area contributed by atoms with Gasteiger partial charge in [-0.2, -0.15) is 0 Å². The second-order valence-electron chi connectivity index (χ2n) is 3.62. The van der Waals surface area contributed by atoms with Crippen LogP contribution in [0.4, 0.5) is 0 Å². The van der Waals surface area contributed by atoms with Gasteiger partial charge in [0.15, 0.2) is 11.4 Å². The largest absolute Gasteiger partial charge is 0.420 e. The van der Waals surface area contributed by atoms with E-state index in [4.69, 9.17) is 4.42 Å². The maximum absolute atomic E-state index is 11.6. The number of Topliss-reactive ketones (excluding diaryl/α,β-unsaturated/α-hetero) is 1. The Morgan fingerprint density at radius 1 is 1.47 bits per heavy atom. The third kappa shape index (κ3) is 2.00. The summed E-state index contributed by atoms with van der Waals surface area (Å²) in [7, 11) is 0. The number of ketones is 1. The van der Waals surface area contributed by atoms with Gasteiger partial charge < -0.3 is 4.42 Å². The predicted molar refractivity (Wildman–Crippen MR) is 63.9 cm³/mol. The fourth-order valence-corrected chi connectivity index (χ4v) is 1.59. The molecule has 2 aromatic rings. The Balaban J connectivity index is 2.63. The van der Waals surface area contributed by atoms with Gasteiger partial charge in [-0.3, -0.25) is 9.36 Å². The van der Waals surface area contributed by atoms with E-state index in [9.17, 15) is 9.59 Å².